The highest BCUT2D eigenvalue weighted by atomic mass is 16.4. The first-order chi connectivity index (χ1) is 10.1. The van der Waals surface area contributed by atoms with Crippen LogP contribution < -0.4 is 0 Å². The van der Waals surface area contributed by atoms with Crippen LogP contribution in [0.2, 0.25) is 0 Å². The maximum absolute atomic E-state index is 12.9. The number of likely N-dealkylation sites (tertiary alicyclic amines) is 2. The van der Waals surface area contributed by atoms with Crippen molar-refractivity contribution in [2.45, 2.75) is 64.0 Å². The number of aliphatic carboxylic acids is 1. The summed E-state index contributed by atoms with van der Waals surface area (Å²) in [6.07, 6.45) is 7.39. The second-order valence-corrected chi connectivity index (χ2v) is 6.82. The van der Waals surface area contributed by atoms with E-state index in [1.54, 1.807) is 4.90 Å². The molecule has 1 saturated carbocycles. The van der Waals surface area contributed by atoms with Gasteiger partial charge < -0.3 is 14.9 Å². The van der Waals surface area contributed by atoms with Crippen LogP contribution in [-0.2, 0) is 4.79 Å². The summed E-state index contributed by atoms with van der Waals surface area (Å²) >= 11 is 0. The summed E-state index contributed by atoms with van der Waals surface area (Å²) < 4.78 is 0. The molecule has 4 unspecified atom stereocenters. The van der Waals surface area contributed by atoms with Crippen LogP contribution >= 0.6 is 0 Å². The lowest BCUT2D eigenvalue weighted by molar-refractivity contribution is -0.142. The Bertz CT molecular complexity index is 426. The van der Waals surface area contributed by atoms with E-state index in [1.165, 1.54) is 6.42 Å². The minimum atomic E-state index is -0.817. The molecule has 4 atom stereocenters. The van der Waals surface area contributed by atoms with Crippen molar-refractivity contribution >= 4 is 12.0 Å². The third kappa shape index (κ3) is 2.51. The van der Waals surface area contributed by atoms with E-state index in [0.29, 0.717) is 18.5 Å². The van der Waals surface area contributed by atoms with Crippen molar-refractivity contribution in [2.75, 3.05) is 13.1 Å². The predicted octanol–water partition coefficient (Wildman–Crippen LogP) is 2.56. The summed E-state index contributed by atoms with van der Waals surface area (Å²) in [5.74, 6) is -0.237. The molecule has 0 aromatic carbocycles. The zero-order valence-corrected chi connectivity index (χ0v) is 12.8. The highest BCUT2D eigenvalue weighted by Crippen LogP contribution is 2.43. The Morgan fingerprint density at radius 1 is 1.10 bits per heavy atom. The smallest absolute Gasteiger partial charge is 0.326 e. The maximum atomic E-state index is 12.9. The number of carbonyl (C=O) groups excluding carboxylic acids is 1. The zero-order valence-electron chi connectivity index (χ0n) is 12.8. The minimum absolute atomic E-state index is 0.0247. The van der Waals surface area contributed by atoms with E-state index in [0.717, 1.165) is 45.1 Å². The minimum Gasteiger partial charge on any atom is -0.480 e. The first-order valence-electron chi connectivity index (χ1n) is 8.43. The van der Waals surface area contributed by atoms with Crippen LogP contribution in [0.25, 0.3) is 0 Å². The zero-order chi connectivity index (χ0) is 15.0. The van der Waals surface area contributed by atoms with Crippen molar-refractivity contribution in [1.82, 2.24) is 9.80 Å². The third-order valence-corrected chi connectivity index (χ3v) is 5.73. The summed E-state index contributed by atoms with van der Waals surface area (Å²) in [5.41, 5.74) is 0. The molecule has 0 radical (unpaired) electrons. The van der Waals surface area contributed by atoms with Gasteiger partial charge in [-0.25, -0.2) is 9.59 Å². The number of piperidine rings is 1. The van der Waals surface area contributed by atoms with Gasteiger partial charge in [-0.05, 0) is 50.4 Å². The van der Waals surface area contributed by atoms with Gasteiger partial charge in [0.1, 0.15) is 6.04 Å². The summed E-state index contributed by atoms with van der Waals surface area (Å²) in [6.45, 7) is 3.55. The number of carboxylic acids is 1. The van der Waals surface area contributed by atoms with E-state index in [4.69, 9.17) is 0 Å². The lowest BCUT2D eigenvalue weighted by Gasteiger charge is -2.39. The van der Waals surface area contributed by atoms with Gasteiger partial charge in [0.05, 0.1) is 0 Å². The van der Waals surface area contributed by atoms with Gasteiger partial charge in [-0.15, -0.1) is 0 Å². The van der Waals surface area contributed by atoms with E-state index in [-0.39, 0.29) is 11.9 Å². The summed E-state index contributed by atoms with van der Waals surface area (Å²) in [4.78, 5) is 28.2. The van der Waals surface area contributed by atoms with Crippen LogP contribution in [-0.4, -0.2) is 52.1 Å². The Kier molecular flexibility index (Phi) is 4.09. The third-order valence-electron chi connectivity index (χ3n) is 5.73. The van der Waals surface area contributed by atoms with Crippen molar-refractivity contribution in [2.24, 2.45) is 11.8 Å². The Morgan fingerprint density at radius 2 is 1.90 bits per heavy atom. The number of hydrogen-bond acceptors (Lipinski definition) is 2. The van der Waals surface area contributed by atoms with Gasteiger partial charge in [0.2, 0.25) is 0 Å². The monoisotopic (exact) mass is 294 g/mol. The average Bonchev–Trinajstić information content (AvgIpc) is 3.06. The Morgan fingerprint density at radius 3 is 2.62 bits per heavy atom. The molecule has 5 heteroatoms. The number of carbonyl (C=O) groups is 2. The van der Waals surface area contributed by atoms with Crippen molar-refractivity contribution in [1.29, 1.82) is 0 Å². The van der Waals surface area contributed by atoms with E-state index >= 15 is 0 Å². The molecule has 3 aliphatic rings. The molecule has 5 nitrogen and oxygen atoms in total. The molecule has 2 aliphatic heterocycles. The first-order valence-corrected chi connectivity index (χ1v) is 8.43. The van der Waals surface area contributed by atoms with E-state index in [2.05, 4.69) is 6.92 Å². The molecule has 3 fully saturated rings. The molecule has 0 spiro atoms. The number of amides is 2. The van der Waals surface area contributed by atoms with Gasteiger partial charge in [-0.2, -0.15) is 0 Å². The van der Waals surface area contributed by atoms with Gasteiger partial charge in [0.15, 0.2) is 0 Å². The number of nitrogens with zero attached hydrogens (tertiary/aromatic N) is 2. The van der Waals surface area contributed by atoms with Crippen LogP contribution in [0.1, 0.15) is 51.9 Å². The van der Waals surface area contributed by atoms with Crippen molar-refractivity contribution in [3.05, 3.63) is 0 Å². The number of hydrogen-bond donors (Lipinski definition) is 1. The van der Waals surface area contributed by atoms with Crippen LogP contribution in [0.15, 0.2) is 0 Å². The van der Waals surface area contributed by atoms with Crippen molar-refractivity contribution in [3.8, 4) is 0 Å². The molecule has 1 aliphatic carbocycles. The molecule has 1 N–H and O–H groups in total. The predicted molar refractivity (Wildman–Crippen MR) is 79.0 cm³/mol. The highest BCUT2D eigenvalue weighted by Gasteiger charge is 2.50. The van der Waals surface area contributed by atoms with Crippen molar-refractivity contribution in [3.63, 3.8) is 0 Å². The second-order valence-electron chi connectivity index (χ2n) is 6.82. The molecule has 3 rings (SSSR count). The fourth-order valence-electron chi connectivity index (χ4n) is 4.66. The quantitative estimate of drug-likeness (QED) is 0.851. The number of carboxylic acid groups (broad SMARTS) is 1. The Hall–Kier alpha value is -1.26. The topological polar surface area (TPSA) is 60.9 Å². The number of fused-ring (bicyclic) bond motifs is 1. The van der Waals surface area contributed by atoms with Crippen LogP contribution in [0.4, 0.5) is 4.79 Å². The standard InChI is InChI=1S/C16H26N2O3/c1-2-12-7-3-4-9-17(12)16(21)18-10-11-6-5-8-13(11)14(18)15(19)20/h11-14H,2-10H2,1H3,(H,19,20). The fraction of sp³-hybridized carbons (Fsp3) is 0.875. The van der Waals surface area contributed by atoms with Crippen LogP contribution in [0.3, 0.4) is 0 Å². The summed E-state index contributed by atoms with van der Waals surface area (Å²) in [5, 5.41) is 9.59. The van der Waals surface area contributed by atoms with Gasteiger partial charge in [-0.1, -0.05) is 13.3 Å². The normalized spacial score (nSPS) is 35.9. The first kappa shape index (κ1) is 14.7. The van der Waals surface area contributed by atoms with Crippen LogP contribution in [0, 0.1) is 11.8 Å². The molecule has 0 aromatic heterocycles. The molecular formula is C16H26N2O3. The molecule has 21 heavy (non-hydrogen) atoms. The molecular weight excluding hydrogens is 268 g/mol. The largest absolute Gasteiger partial charge is 0.480 e. The molecule has 0 aromatic rings. The van der Waals surface area contributed by atoms with Gasteiger partial charge >= 0.3 is 12.0 Å². The molecule has 2 amide bonds. The summed E-state index contributed by atoms with van der Waals surface area (Å²) in [7, 11) is 0. The van der Waals surface area contributed by atoms with E-state index < -0.39 is 12.0 Å². The Balaban J connectivity index is 1.78. The SMILES string of the molecule is CCC1CCCCN1C(=O)N1CC2CCCC2C1C(=O)O. The average molecular weight is 294 g/mol. The maximum Gasteiger partial charge on any atom is 0.326 e. The van der Waals surface area contributed by atoms with Gasteiger partial charge in [0, 0.05) is 19.1 Å². The molecule has 2 saturated heterocycles. The van der Waals surface area contributed by atoms with E-state index in [9.17, 15) is 14.7 Å². The van der Waals surface area contributed by atoms with Crippen molar-refractivity contribution < 1.29 is 14.7 Å². The number of urea groups is 1. The highest BCUT2D eigenvalue weighted by molar-refractivity contribution is 5.84. The van der Waals surface area contributed by atoms with Gasteiger partial charge in [0.25, 0.3) is 0 Å². The Labute approximate surface area is 126 Å². The number of rotatable bonds is 2. The van der Waals surface area contributed by atoms with E-state index in [1.807, 2.05) is 4.90 Å². The van der Waals surface area contributed by atoms with Crippen LogP contribution in [0.5, 0.6) is 0 Å². The second kappa shape index (κ2) is 5.85. The molecule has 0 bridgehead atoms. The lowest BCUT2D eigenvalue weighted by Crippen LogP contribution is -2.53. The van der Waals surface area contributed by atoms with Gasteiger partial charge in [-0.3, -0.25) is 0 Å². The lowest BCUT2D eigenvalue weighted by atomic mass is 9.94. The summed E-state index contributed by atoms with van der Waals surface area (Å²) in [6, 6.07) is -0.325. The molecule has 118 valence electrons. The fourth-order valence-corrected chi connectivity index (χ4v) is 4.66. The molecule has 2 heterocycles.